The van der Waals surface area contributed by atoms with Crippen LogP contribution in [-0.2, 0) is 0 Å². The van der Waals surface area contributed by atoms with Crippen LogP contribution in [0.25, 0.3) is 0 Å². The second-order valence-corrected chi connectivity index (χ2v) is 3.61. The number of nitrogens with two attached hydrogens (primary N) is 1. The molecule has 16 heavy (non-hydrogen) atoms. The van der Waals surface area contributed by atoms with Crippen molar-refractivity contribution in [2.24, 2.45) is 0 Å². The molecule has 0 aliphatic carbocycles. The summed E-state index contributed by atoms with van der Waals surface area (Å²) in [7, 11) is 1.89. The molecule has 6 heteroatoms. The van der Waals surface area contributed by atoms with E-state index >= 15 is 0 Å². The number of aromatic nitrogens is 1. The van der Waals surface area contributed by atoms with E-state index in [0.717, 1.165) is 19.4 Å². The van der Waals surface area contributed by atoms with E-state index in [1.807, 2.05) is 11.9 Å². The van der Waals surface area contributed by atoms with Gasteiger partial charge in [0.2, 0.25) is 5.82 Å². The molecule has 0 spiro atoms. The number of nitro groups is 1. The lowest BCUT2D eigenvalue weighted by Crippen LogP contribution is -2.20. The topological polar surface area (TPSA) is 85.3 Å². The molecule has 88 valence electrons. The van der Waals surface area contributed by atoms with Gasteiger partial charge in [0.25, 0.3) is 0 Å². The normalized spacial score (nSPS) is 10.1. The Labute approximate surface area is 94.2 Å². The Kier molecular flexibility index (Phi) is 4.04. The third-order valence-electron chi connectivity index (χ3n) is 2.32. The van der Waals surface area contributed by atoms with Gasteiger partial charge in [-0.1, -0.05) is 13.3 Å². The van der Waals surface area contributed by atoms with Crippen LogP contribution in [0.1, 0.15) is 19.8 Å². The van der Waals surface area contributed by atoms with E-state index in [9.17, 15) is 10.1 Å². The molecule has 0 aliphatic heterocycles. The van der Waals surface area contributed by atoms with Crippen LogP contribution in [0, 0.1) is 10.1 Å². The SMILES string of the molecule is CCCCN(C)c1ccc([N+](=O)[O-])c(N)n1. The van der Waals surface area contributed by atoms with Crippen molar-refractivity contribution in [2.45, 2.75) is 19.8 Å². The van der Waals surface area contributed by atoms with Crippen molar-refractivity contribution < 1.29 is 4.92 Å². The molecule has 0 saturated heterocycles. The third kappa shape index (κ3) is 2.82. The van der Waals surface area contributed by atoms with Gasteiger partial charge in [-0.2, -0.15) is 0 Å². The molecule has 0 radical (unpaired) electrons. The van der Waals surface area contributed by atoms with Crippen LogP contribution in [0.3, 0.4) is 0 Å². The van der Waals surface area contributed by atoms with E-state index in [0.29, 0.717) is 5.82 Å². The molecular weight excluding hydrogens is 208 g/mol. The zero-order valence-electron chi connectivity index (χ0n) is 9.51. The molecule has 0 aromatic carbocycles. The van der Waals surface area contributed by atoms with Crippen molar-refractivity contribution in [3.63, 3.8) is 0 Å². The molecule has 1 aromatic heterocycles. The first-order chi connectivity index (χ1) is 7.56. The average Bonchev–Trinajstić information content (AvgIpc) is 2.25. The van der Waals surface area contributed by atoms with Crippen LogP contribution in [-0.4, -0.2) is 23.5 Å². The summed E-state index contributed by atoms with van der Waals surface area (Å²) in [6, 6.07) is 3.00. The van der Waals surface area contributed by atoms with E-state index < -0.39 is 4.92 Å². The summed E-state index contributed by atoms with van der Waals surface area (Å²) in [4.78, 5) is 16.0. The first-order valence-corrected chi connectivity index (χ1v) is 5.18. The molecule has 1 rings (SSSR count). The largest absolute Gasteiger partial charge is 0.378 e. The fraction of sp³-hybridized carbons (Fsp3) is 0.500. The predicted octanol–water partition coefficient (Wildman–Crippen LogP) is 1.81. The molecule has 0 atom stereocenters. The van der Waals surface area contributed by atoms with Crippen LogP contribution >= 0.6 is 0 Å². The molecule has 0 bridgehead atoms. The van der Waals surface area contributed by atoms with Crippen molar-refractivity contribution in [1.82, 2.24) is 4.98 Å². The molecule has 1 aromatic rings. The lowest BCUT2D eigenvalue weighted by molar-refractivity contribution is -0.384. The van der Waals surface area contributed by atoms with E-state index in [1.165, 1.54) is 6.07 Å². The van der Waals surface area contributed by atoms with E-state index in [-0.39, 0.29) is 11.5 Å². The molecule has 0 unspecified atom stereocenters. The Morgan fingerprint density at radius 2 is 2.25 bits per heavy atom. The predicted molar refractivity (Wildman–Crippen MR) is 63.5 cm³/mol. The van der Waals surface area contributed by atoms with E-state index in [1.54, 1.807) is 6.07 Å². The monoisotopic (exact) mass is 224 g/mol. The van der Waals surface area contributed by atoms with Crippen LogP contribution in [0.15, 0.2) is 12.1 Å². The molecule has 2 N–H and O–H groups in total. The van der Waals surface area contributed by atoms with Gasteiger partial charge in [0.1, 0.15) is 5.82 Å². The van der Waals surface area contributed by atoms with Crippen LogP contribution in [0.4, 0.5) is 17.3 Å². The maximum atomic E-state index is 10.5. The minimum atomic E-state index is -0.530. The molecule has 0 amide bonds. The number of hydrogen-bond acceptors (Lipinski definition) is 5. The number of anilines is 2. The van der Waals surface area contributed by atoms with Gasteiger partial charge >= 0.3 is 5.69 Å². The summed E-state index contributed by atoms with van der Waals surface area (Å²) < 4.78 is 0. The maximum absolute atomic E-state index is 10.5. The van der Waals surface area contributed by atoms with E-state index in [2.05, 4.69) is 11.9 Å². The Bertz CT molecular complexity index is 381. The zero-order chi connectivity index (χ0) is 12.1. The number of nitrogen functional groups attached to an aromatic ring is 1. The van der Waals surface area contributed by atoms with E-state index in [4.69, 9.17) is 5.73 Å². The molecule has 0 saturated carbocycles. The van der Waals surface area contributed by atoms with Gasteiger partial charge in [-0.15, -0.1) is 0 Å². The van der Waals surface area contributed by atoms with Crippen LogP contribution in [0.2, 0.25) is 0 Å². The van der Waals surface area contributed by atoms with Gasteiger partial charge in [-0.05, 0) is 12.5 Å². The maximum Gasteiger partial charge on any atom is 0.311 e. The highest BCUT2D eigenvalue weighted by molar-refractivity contribution is 5.57. The fourth-order valence-corrected chi connectivity index (χ4v) is 1.33. The Morgan fingerprint density at radius 3 is 2.75 bits per heavy atom. The molecule has 0 aliphatic rings. The Morgan fingerprint density at radius 1 is 1.56 bits per heavy atom. The van der Waals surface area contributed by atoms with Crippen molar-refractivity contribution in [2.75, 3.05) is 24.2 Å². The first kappa shape index (κ1) is 12.2. The van der Waals surface area contributed by atoms with Gasteiger partial charge in [-0.3, -0.25) is 10.1 Å². The highest BCUT2D eigenvalue weighted by Crippen LogP contribution is 2.22. The highest BCUT2D eigenvalue weighted by Gasteiger charge is 2.14. The molecule has 6 nitrogen and oxygen atoms in total. The van der Waals surface area contributed by atoms with Gasteiger partial charge in [0, 0.05) is 19.7 Å². The van der Waals surface area contributed by atoms with Crippen molar-refractivity contribution in [3.05, 3.63) is 22.2 Å². The number of pyridine rings is 1. The standard InChI is InChI=1S/C10H16N4O2/c1-3-4-7-13(2)9-6-5-8(14(15)16)10(11)12-9/h5-6H,3-4,7H2,1-2H3,(H2,11,12). The van der Waals surface area contributed by atoms with Crippen molar-refractivity contribution in [3.8, 4) is 0 Å². The average molecular weight is 224 g/mol. The van der Waals surface area contributed by atoms with Crippen LogP contribution in [0.5, 0.6) is 0 Å². The number of unbranched alkanes of at least 4 members (excludes halogenated alkanes) is 1. The fourth-order valence-electron chi connectivity index (χ4n) is 1.33. The van der Waals surface area contributed by atoms with Crippen molar-refractivity contribution >= 4 is 17.3 Å². The summed E-state index contributed by atoms with van der Waals surface area (Å²) in [5.41, 5.74) is 5.36. The Balaban J connectivity index is 2.84. The first-order valence-electron chi connectivity index (χ1n) is 5.18. The van der Waals surface area contributed by atoms with Crippen LogP contribution < -0.4 is 10.6 Å². The number of rotatable bonds is 5. The molecular formula is C10H16N4O2. The minimum Gasteiger partial charge on any atom is -0.378 e. The minimum absolute atomic E-state index is 0.0363. The smallest absolute Gasteiger partial charge is 0.311 e. The lowest BCUT2D eigenvalue weighted by atomic mass is 10.3. The molecule has 0 fully saturated rings. The lowest BCUT2D eigenvalue weighted by Gasteiger charge is -2.17. The third-order valence-corrected chi connectivity index (χ3v) is 2.32. The summed E-state index contributed by atoms with van der Waals surface area (Å²) in [5.74, 6) is 0.627. The Hall–Kier alpha value is -1.85. The van der Waals surface area contributed by atoms with Gasteiger partial charge in [0.05, 0.1) is 4.92 Å². The van der Waals surface area contributed by atoms with Crippen molar-refractivity contribution in [1.29, 1.82) is 0 Å². The highest BCUT2D eigenvalue weighted by atomic mass is 16.6. The number of nitrogens with zero attached hydrogens (tertiary/aromatic N) is 3. The zero-order valence-corrected chi connectivity index (χ0v) is 9.51. The quantitative estimate of drug-likeness (QED) is 0.609. The van der Waals surface area contributed by atoms with Gasteiger partial charge in [-0.25, -0.2) is 4.98 Å². The summed E-state index contributed by atoms with van der Waals surface area (Å²) in [6.45, 7) is 2.96. The second kappa shape index (κ2) is 5.29. The summed E-state index contributed by atoms with van der Waals surface area (Å²) in [6.07, 6.45) is 2.14. The summed E-state index contributed by atoms with van der Waals surface area (Å²) >= 11 is 0. The second-order valence-electron chi connectivity index (χ2n) is 3.61. The molecule has 1 heterocycles. The number of hydrogen-bond donors (Lipinski definition) is 1. The summed E-state index contributed by atoms with van der Waals surface area (Å²) in [5, 5.41) is 10.5. The van der Waals surface area contributed by atoms with Gasteiger partial charge < -0.3 is 10.6 Å². The van der Waals surface area contributed by atoms with Gasteiger partial charge in [0.15, 0.2) is 0 Å².